The van der Waals surface area contributed by atoms with Crippen molar-refractivity contribution in [2.75, 3.05) is 25.0 Å². The molecule has 1 fully saturated rings. The number of anilines is 1. The fourth-order valence-corrected chi connectivity index (χ4v) is 4.53. The molecule has 2 aromatic carbocycles. The van der Waals surface area contributed by atoms with Crippen molar-refractivity contribution in [3.8, 4) is 0 Å². The molecule has 2 aliphatic rings. The second-order valence-corrected chi connectivity index (χ2v) is 8.86. The van der Waals surface area contributed by atoms with Gasteiger partial charge in [-0.15, -0.1) is 0 Å². The quantitative estimate of drug-likeness (QED) is 0.341. The van der Waals surface area contributed by atoms with Crippen molar-refractivity contribution in [2.45, 2.75) is 30.8 Å². The van der Waals surface area contributed by atoms with E-state index >= 15 is 0 Å². The zero-order valence-corrected chi connectivity index (χ0v) is 20.0. The molecule has 0 aliphatic carbocycles. The van der Waals surface area contributed by atoms with E-state index in [1.165, 1.54) is 11.9 Å². The number of rotatable bonds is 4. The van der Waals surface area contributed by atoms with Gasteiger partial charge in [0.1, 0.15) is 0 Å². The number of hydrogen-bond donors (Lipinski definition) is 5. The Hall–Kier alpha value is -4.17. The number of fused-ring (bicyclic) bond motifs is 2. The third kappa shape index (κ3) is 4.87. The first-order valence-corrected chi connectivity index (χ1v) is 11.5. The van der Waals surface area contributed by atoms with E-state index in [4.69, 9.17) is 9.90 Å². The lowest BCUT2D eigenvalue weighted by Crippen LogP contribution is -2.49. The minimum atomic E-state index is -5.08. The lowest BCUT2D eigenvalue weighted by atomic mass is 9.93. The molecule has 202 valence electrons. The molecule has 2 unspecified atom stereocenters. The zero-order chi connectivity index (χ0) is 27.8. The Morgan fingerprint density at radius 1 is 1.21 bits per heavy atom. The minimum absolute atomic E-state index is 0.122. The van der Waals surface area contributed by atoms with Gasteiger partial charge in [0.25, 0.3) is 5.91 Å². The smallest absolute Gasteiger partial charge is 0.475 e. The van der Waals surface area contributed by atoms with Crippen molar-refractivity contribution in [1.82, 2.24) is 20.2 Å². The van der Waals surface area contributed by atoms with E-state index in [2.05, 4.69) is 15.3 Å². The molecule has 2 aliphatic heterocycles. The first-order valence-electron chi connectivity index (χ1n) is 11.5. The van der Waals surface area contributed by atoms with Crippen LogP contribution in [0.4, 0.5) is 23.9 Å². The van der Waals surface area contributed by atoms with E-state index in [1.54, 1.807) is 36.4 Å². The highest BCUT2D eigenvalue weighted by molar-refractivity contribution is 6.00. The Balaban J connectivity index is 0.000000426. The van der Waals surface area contributed by atoms with Crippen LogP contribution in [0.25, 0.3) is 11.0 Å². The molecule has 38 heavy (non-hydrogen) atoms. The lowest BCUT2D eigenvalue weighted by Gasteiger charge is -2.36. The topological polar surface area (TPSA) is 159 Å². The van der Waals surface area contributed by atoms with Gasteiger partial charge in [-0.3, -0.25) is 9.69 Å². The number of H-pyrrole nitrogens is 1. The first-order chi connectivity index (χ1) is 17.8. The standard InChI is InChI=1S/C22H23N5O4.C2HF3O2/c1-26(21(29)30)20-24-17-9-8-13(11-18(17)25-20)22(31)16-7-3-2-6-15(16)19(28)27(22)12-14-5-4-10-23-14;3-2(4,5)1(6)7/h2-3,6-9,11,14,23,31H,4-5,10,12H2,1H3,(H,24,25)(H,29,30);(H,6,7). The molecule has 2 amide bonds. The van der Waals surface area contributed by atoms with E-state index < -0.39 is 24.0 Å². The van der Waals surface area contributed by atoms with Crippen LogP contribution in [0.1, 0.15) is 34.3 Å². The van der Waals surface area contributed by atoms with Gasteiger partial charge in [-0.1, -0.05) is 24.3 Å². The lowest BCUT2D eigenvalue weighted by molar-refractivity contribution is -0.192. The molecule has 3 aromatic rings. The van der Waals surface area contributed by atoms with Crippen LogP contribution in [0.15, 0.2) is 42.5 Å². The number of nitrogens with zero attached hydrogens (tertiary/aromatic N) is 3. The number of amides is 2. The molecule has 1 saturated heterocycles. The number of benzene rings is 2. The summed E-state index contributed by atoms with van der Waals surface area (Å²) in [6.45, 7) is 1.29. The van der Waals surface area contributed by atoms with Crippen LogP contribution in [0, 0.1) is 0 Å². The Bertz CT molecular complexity index is 1390. The third-order valence-electron chi connectivity index (χ3n) is 6.45. The summed E-state index contributed by atoms with van der Waals surface area (Å²) < 4.78 is 31.7. The number of carbonyl (C=O) groups is 3. The van der Waals surface area contributed by atoms with Gasteiger partial charge >= 0.3 is 18.2 Å². The number of imidazole rings is 1. The highest BCUT2D eigenvalue weighted by Crippen LogP contribution is 2.43. The van der Waals surface area contributed by atoms with Crippen molar-refractivity contribution < 1.29 is 42.9 Å². The van der Waals surface area contributed by atoms with Crippen LogP contribution in [0.3, 0.4) is 0 Å². The van der Waals surface area contributed by atoms with Crippen molar-refractivity contribution in [2.24, 2.45) is 0 Å². The summed E-state index contributed by atoms with van der Waals surface area (Å²) >= 11 is 0. The molecule has 1 aromatic heterocycles. The zero-order valence-electron chi connectivity index (χ0n) is 20.0. The fourth-order valence-electron chi connectivity index (χ4n) is 4.53. The van der Waals surface area contributed by atoms with Crippen molar-refractivity contribution in [3.63, 3.8) is 0 Å². The summed E-state index contributed by atoms with van der Waals surface area (Å²) in [5, 5.41) is 31.7. The van der Waals surface area contributed by atoms with Gasteiger partial charge in [0, 0.05) is 36.3 Å². The first kappa shape index (κ1) is 26.9. The molecule has 0 spiro atoms. The number of carboxylic acid groups (broad SMARTS) is 2. The van der Waals surface area contributed by atoms with Gasteiger partial charge in [0.2, 0.25) is 5.95 Å². The molecule has 2 atom stereocenters. The number of carbonyl (C=O) groups excluding carboxylic acids is 1. The Kier molecular flexibility index (Phi) is 7.04. The number of alkyl halides is 3. The average molecular weight is 535 g/mol. The summed E-state index contributed by atoms with van der Waals surface area (Å²) in [7, 11) is 1.40. The molecule has 0 bridgehead atoms. The molecular weight excluding hydrogens is 511 g/mol. The maximum Gasteiger partial charge on any atom is 0.490 e. The van der Waals surface area contributed by atoms with Crippen LogP contribution in [-0.4, -0.2) is 80.5 Å². The van der Waals surface area contributed by atoms with Gasteiger partial charge in [0.15, 0.2) is 5.72 Å². The number of nitrogens with one attached hydrogen (secondary N) is 2. The molecule has 0 radical (unpaired) electrons. The van der Waals surface area contributed by atoms with Crippen molar-refractivity contribution >= 4 is 35.0 Å². The summed E-state index contributed by atoms with van der Waals surface area (Å²) in [4.78, 5) is 43.2. The molecule has 5 N–H and O–H groups in total. The number of aliphatic hydroxyl groups is 1. The maximum absolute atomic E-state index is 13.3. The molecular formula is C24H24F3N5O6. The van der Waals surface area contributed by atoms with Gasteiger partial charge < -0.3 is 30.5 Å². The van der Waals surface area contributed by atoms with Gasteiger partial charge in [-0.05, 0) is 37.6 Å². The fraction of sp³-hybridized carbons (Fsp3) is 0.333. The van der Waals surface area contributed by atoms with E-state index in [0.717, 1.165) is 24.3 Å². The van der Waals surface area contributed by atoms with Crippen molar-refractivity contribution in [3.05, 3.63) is 59.2 Å². The number of aromatic nitrogens is 2. The van der Waals surface area contributed by atoms with E-state index in [9.17, 15) is 33.0 Å². The molecule has 0 saturated carbocycles. The Labute approximate surface area is 213 Å². The van der Waals surface area contributed by atoms with E-state index in [-0.39, 0.29) is 17.9 Å². The van der Waals surface area contributed by atoms with Crippen LogP contribution in [0.5, 0.6) is 0 Å². The van der Waals surface area contributed by atoms with Crippen LogP contribution < -0.4 is 10.2 Å². The van der Waals surface area contributed by atoms with Crippen LogP contribution >= 0.6 is 0 Å². The predicted octanol–water partition coefficient (Wildman–Crippen LogP) is 2.71. The number of aromatic amines is 1. The largest absolute Gasteiger partial charge is 0.490 e. The Morgan fingerprint density at radius 2 is 1.89 bits per heavy atom. The highest BCUT2D eigenvalue weighted by atomic mass is 19.4. The number of hydrogen-bond acceptors (Lipinski definition) is 6. The second kappa shape index (κ2) is 9.95. The van der Waals surface area contributed by atoms with Crippen molar-refractivity contribution in [1.29, 1.82) is 0 Å². The van der Waals surface area contributed by atoms with E-state index in [0.29, 0.717) is 34.3 Å². The van der Waals surface area contributed by atoms with Gasteiger partial charge in [-0.25, -0.2) is 14.6 Å². The third-order valence-corrected chi connectivity index (χ3v) is 6.45. The highest BCUT2D eigenvalue weighted by Gasteiger charge is 2.50. The second-order valence-electron chi connectivity index (χ2n) is 8.86. The molecule has 5 rings (SSSR count). The van der Waals surface area contributed by atoms with E-state index in [1.807, 2.05) is 6.07 Å². The SMILES string of the molecule is CN(C(=O)O)c1nc2ccc(C3(O)c4ccccc4C(=O)N3CC3CCCN3)cc2[nH]1.O=C(O)C(F)(F)F. The molecule has 14 heteroatoms. The number of aliphatic carboxylic acids is 1. The number of halogens is 3. The minimum Gasteiger partial charge on any atom is -0.475 e. The predicted molar refractivity (Wildman–Crippen MR) is 128 cm³/mol. The van der Waals surface area contributed by atoms with Crippen LogP contribution in [-0.2, 0) is 10.5 Å². The molecule has 11 nitrogen and oxygen atoms in total. The van der Waals surface area contributed by atoms with Gasteiger partial charge in [0.05, 0.1) is 11.0 Å². The average Bonchev–Trinajstić information content (AvgIpc) is 3.59. The monoisotopic (exact) mass is 535 g/mol. The maximum atomic E-state index is 13.3. The normalized spacial score (nSPS) is 20.7. The summed E-state index contributed by atoms with van der Waals surface area (Å²) in [6, 6.07) is 12.4. The number of carboxylic acids is 1. The Morgan fingerprint density at radius 3 is 2.50 bits per heavy atom. The molecule has 3 heterocycles. The summed E-state index contributed by atoms with van der Waals surface area (Å²) in [6.07, 6.45) is -4.23. The van der Waals surface area contributed by atoms with Crippen LogP contribution in [0.2, 0.25) is 0 Å². The summed E-state index contributed by atoms with van der Waals surface area (Å²) in [5.74, 6) is -2.78. The summed E-state index contributed by atoms with van der Waals surface area (Å²) in [5.41, 5.74) is 1.06. The van der Waals surface area contributed by atoms with Gasteiger partial charge in [-0.2, -0.15) is 13.2 Å².